The lowest BCUT2D eigenvalue weighted by Crippen LogP contribution is -2.47. The molecule has 1 aromatic heterocycles. The van der Waals surface area contributed by atoms with Crippen LogP contribution in [0.1, 0.15) is 12.8 Å². The highest BCUT2D eigenvalue weighted by molar-refractivity contribution is 8.00. The molecule has 2 rings (SSSR count). The largest absolute Gasteiger partial charge is 0.391 e. The summed E-state index contributed by atoms with van der Waals surface area (Å²) in [6.45, 7) is 2.34. The molecular weight excluding hydrogens is 250 g/mol. The number of hydrogen-bond donors (Lipinski definition) is 3. The minimum atomic E-state index is -0.277. The molecule has 2 heterocycles. The van der Waals surface area contributed by atoms with Gasteiger partial charge in [-0.1, -0.05) is 0 Å². The van der Waals surface area contributed by atoms with Crippen molar-refractivity contribution in [3.05, 3.63) is 16.7 Å². The van der Waals surface area contributed by atoms with Crippen LogP contribution < -0.4 is 21.9 Å². The molecule has 0 amide bonds. The molecule has 0 aromatic carbocycles. The number of H-pyrrole nitrogens is 1. The Morgan fingerprint density at radius 1 is 1.56 bits per heavy atom. The Bertz CT molecular complexity index is 461. The van der Waals surface area contributed by atoms with Gasteiger partial charge in [-0.3, -0.25) is 4.79 Å². The Kier molecular flexibility index (Phi) is 3.82. The van der Waals surface area contributed by atoms with Crippen molar-refractivity contribution >= 4 is 23.3 Å². The topological polar surface area (TPSA) is 101 Å². The number of aromatic nitrogens is 2. The summed E-state index contributed by atoms with van der Waals surface area (Å²) in [5, 5.41) is 0. The number of nitrogen functional groups attached to an aromatic ring is 1. The third-order valence-electron chi connectivity index (χ3n) is 3.65. The molecule has 6 nitrogen and oxygen atoms in total. The molecule has 0 aliphatic carbocycles. The van der Waals surface area contributed by atoms with E-state index in [-0.39, 0.29) is 16.0 Å². The Morgan fingerprint density at radius 2 is 2.22 bits per heavy atom. The second kappa shape index (κ2) is 5.19. The predicted octanol–water partition coefficient (Wildman–Crippen LogP) is 0.0128. The van der Waals surface area contributed by atoms with E-state index in [0.717, 1.165) is 25.9 Å². The lowest BCUT2D eigenvalue weighted by Gasteiger charge is -2.40. The number of nitrogens with two attached hydrogens (primary N) is 2. The van der Waals surface area contributed by atoms with E-state index in [2.05, 4.69) is 21.1 Å². The maximum Gasteiger partial charge on any atom is 0.276 e. The second-order valence-corrected chi connectivity index (χ2v) is 5.82. The van der Waals surface area contributed by atoms with E-state index in [9.17, 15) is 4.79 Å². The van der Waals surface area contributed by atoms with Crippen LogP contribution in [0.15, 0.2) is 11.1 Å². The molecular formula is C11H19N5OS. The maximum absolute atomic E-state index is 11.5. The van der Waals surface area contributed by atoms with Gasteiger partial charge in [-0.05, 0) is 19.1 Å². The molecule has 18 heavy (non-hydrogen) atoms. The van der Waals surface area contributed by atoms with Gasteiger partial charge >= 0.3 is 0 Å². The van der Waals surface area contributed by atoms with Gasteiger partial charge in [-0.15, -0.1) is 0 Å². The summed E-state index contributed by atoms with van der Waals surface area (Å²) in [5.74, 6) is 0.588. The normalized spacial score (nSPS) is 18.9. The van der Waals surface area contributed by atoms with Crippen molar-refractivity contribution in [2.24, 2.45) is 5.73 Å². The smallest absolute Gasteiger partial charge is 0.276 e. The average Bonchev–Trinajstić information content (AvgIpc) is 2.42. The summed E-state index contributed by atoms with van der Waals surface area (Å²) in [4.78, 5) is 20.2. The van der Waals surface area contributed by atoms with Crippen LogP contribution in [0.2, 0.25) is 0 Å². The van der Waals surface area contributed by atoms with Gasteiger partial charge in [0.25, 0.3) is 5.56 Å². The number of anilines is 2. The van der Waals surface area contributed by atoms with Crippen LogP contribution in [0.5, 0.6) is 0 Å². The Labute approximate surface area is 110 Å². The van der Waals surface area contributed by atoms with E-state index in [4.69, 9.17) is 11.5 Å². The minimum Gasteiger partial charge on any atom is -0.391 e. The monoisotopic (exact) mass is 269 g/mol. The van der Waals surface area contributed by atoms with Gasteiger partial charge in [0.2, 0.25) is 0 Å². The summed E-state index contributed by atoms with van der Waals surface area (Å²) < 4.78 is 0.159. The zero-order valence-corrected chi connectivity index (χ0v) is 11.3. The molecule has 1 aliphatic heterocycles. The van der Waals surface area contributed by atoms with Gasteiger partial charge in [-0.25, -0.2) is 4.98 Å². The molecule has 1 aromatic rings. The zero-order chi connectivity index (χ0) is 13.2. The van der Waals surface area contributed by atoms with Gasteiger partial charge < -0.3 is 21.4 Å². The summed E-state index contributed by atoms with van der Waals surface area (Å²) >= 11 is 1.83. The number of nitrogens with zero attached hydrogens (tertiary/aromatic N) is 2. The first kappa shape index (κ1) is 13.2. The molecule has 0 saturated carbocycles. The summed E-state index contributed by atoms with van der Waals surface area (Å²) in [6.07, 6.45) is 5.47. The van der Waals surface area contributed by atoms with Crippen LogP contribution in [-0.2, 0) is 0 Å². The van der Waals surface area contributed by atoms with E-state index in [0.29, 0.717) is 12.4 Å². The Balaban J connectivity index is 2.15. The number of rotatable bonds is 3. The molecule has 1 fully saturated rings. The van der Waals surface area contributed by atoms with E-state index < -0.39 is 0 Å². The molecule has 0 radical (unpaired) electrons. The number of aromatic amines is 1. The first-order valence-electron chi connectivity index (χ1n) is 5.95. The number of nitrogens with one attached hydrogen (secondary N) is 1. The van der Waals surface area contributed by atoms with E-state index in [1.165, 1.54) is 6.33 Å². The van der Waals surface area contributed by atoms with Gasteiger partial charge in [0.1, 0.15) is 5.69 Å². The maximum atomic E-state index is 11.5. The van der Waals surface area contributed by atoms with Crippen molar-refractivity contribution < 1.29 is 0 Å². The molecule has 7 heteroatoms. The van der Waals surface area contributed by atoms with E-state index in [1.807, 2.05) is 11.8 Å². The highest BCUT2D eigenvalue weighted by Gasteiger charge is 2.33. The average molecular weight is 269 g/mol. The fourth-order valence-electron chi connectivity index (χ4n) is 2.27. The number of thioether (sulfide) groups is 1. The first-order chi connectivity index (χ1) is 8.62. The van der Waals surface area contributed by atoms with Gasteiger partial charge in [-0.2, -0.15) is 11.8 Å². The number of piperidine rings is 1. The van der Waals surface area contributed by atoms with Crippen LogP contribution >= 0.6 is 11.8 Å². The fraction of sp³-hybridized carbons (Fsp3) is 0.636. The van der Waals surface area contributed by atoms with Gasteiger partial charge in [0.15, 0.2) is 5.82 Å². The SMILES string of the molecule is CSC1(CN)CCN(c2nc[nH]c(=O)c2N)CC1. The molecule has 0 bridgehead atoms. The highest BCUT2D eigenvalue weighted by Crippen LogP contribution is 2.35. The lowest BCUT2D eigenvalue weighted by atomic mass is 9.96. The third-order valence-corrected chi connectivity index (χ3v) is 5.09. The molecule has 0 atom stereocenters. The van der Waals surface area contributed by atoms with Crippen molar-refractivity contribution in [1.82, 2.24) is 9.97 Å². The second-order valence-electron chi connectivity index (χ2n) is 4.55. The standard InChI is InChI=1S/C11H19N5OS/c1-18-11(6-12)2-4-16(5-3-11)9-8(13)10(17)15-7-14-9/h7H,2-6,12-13H2,1H3,(H,14,15,17). The van der Waals surface area contributed by atoms with Crippen molar-refractivity contribution in [1.29, 1.82) is 0 Å². The Hall–Kier alpha value is -1.21. The third kappa shape index (κ3) is 2.32. The summed E-state index contributed by atoms with van der Waals surface area (Å²) in [6, 6.07) is 0. The van der Waals surface area contributed by atoms with E-state index in [1.54, 1.807) is 0 Å². The number of hydrogen-bond acceptors (Lipinski definition) is 6. The fourth-order valence-corrected chi connectivity index (χ4v) is 3.03. The molecule has 1 saturated heterocycles. The Morgan fingerprint density at radius 3 is 2.78 bits per heavy atom. The summed E-state index contributed by atoms with van der Waals surface area (Å²) in [5.41, 5.74) is 11.5. The predicted molar refractivity (Wildman–Crippen MR) is 76.0 cm³/mol. The molecule has 5 N–H and O–H groups in total. The molecule has 0 unspecified atom stereocenters. The minimum absolute atomic E-state index is 0.159. The van der Waals surface area contributed by atoms with Gasteiger partial charge in [0, 0.05) is 24.4 Å². The molecule has 0 spiro atoms. The molecule has 1 aliphatic rings. The lowest BCUT2D eigenvalue weighted by molar-refractivity contribution is 0.455. The van der Waals surface area contributed by atoms with Crippen LogP contribution in [0, 0.1) is 0 Å². The van der Waals surface area contributed by atoms with E-state index >= 15 is 0 Å². The zero-order valence-electron chi connectivity index (χ0n) is 10.5. The first-order valence-corrected chi connectivity index (χ1v) is 7.18. The van der Waals surface area contributed by atoms with Gasteiger partial charge in [0.05, 0.1) is 6.33 Å². The molecule has 100 valence electrons. The van der Waals surface area contributed by atoms with Crippen molar-refractivity contribution in [3.8, 4) is 0 Å². The van der Waals surface area contributed by atoms with Crippen LogP contribution in [0.4, 0.5) is 11.5 Å². The van der Waals surface area contributed by atoms with Crippen molar-refractivity contribution in [3.63, 3.8) is 0 Å². The van der Waals surface area contributed by atoms with Crippen LogP contribution in [-0.4, -0.2) is 40.6 Å². The highest BCUT2D eigenvalue weighted by atomic mass is 32.2. The van der Waals surface area contributed by atoms with Crippen molar-refractivity contribution in [2.45, 2.75) is 17.6 Å². The van der Waals surface area contributed by atoms with Crippen molar-refractivity contribution in [2.75, 3.05) is 36.5 Å². The van der Waals surface area contributed by atoms with Crippen LogP contribution in [0.25, 0.3) is 0 Å². The van der Waals surface area contributed by atoms with Crippen LogP contribution in [0.3, 0.4) is 0 Å². The summed E-state index contributed by atoms with van der Waals surface area (Å²) in [7, 11) is 0. The quantitative estimate of drug-likeness (QED) is 0.715.